The second-order valence-electron chi connectivity index (χ2n) is 4.57. The quantitative estimate of drug-likeness (QED) is 0.662. The summed E-state index contributed by atoms with van der Waals surface area (Å²) >= 11 is 5.55. The van der Waals surface area contributed by atoms with Crippen LogP contribution in [0, 0.1) is 0 Å². The van der Waals surface area contributed by atoms with Crippen molar-refractivity contribution in [2.24, 2.45) is 0 Å². The molecule has 1 aliphatic heterocycles. The summed E-state index contributed by atoms with van der Waals surface area (Å²) in [4.78, 5) is 25.3. The van der Waals surface area contributed by atoms with Gasteiger partial charge in [0.25, 0.3) is 5.91 Å². The number of hydrogen-bond acceptors (Lipinski definition) is 4. The first-order valence-corrected chi connectivity index (χ1v) is 6.94. The highest BCUT2D eigenvalue weighted by molar-refractivity contribution is 6.30. The summed E-state index contributed by atoms with van der Waals surface area (Å²) in [6.45, 7) is 2.05. The van der Waals surface area contributed by atoms with Gasteiger partial charge < -0.3 is 14.7 Å². The monoisotopic (exact) mass is 297 g/mol. The zero-order valence-corrected chi connectivity index (χ0v) is 11.9. The molecule has 1 atom stereocenters. The summed E-state index contributed by atoms with van der Waals surface area (Å²) in [7, 11) is 0. The third kappa shape index (κ3) is 2.78. The van der Waals surface area contributed by atoms with Crippen LogP contribution in [0.4, 0.5) is 5.69 Å². The molecular formula is C14H16ClNO4. The van der Waals surface area contributed by atoms with Gasteiger partial charge >= 0.3 is 0 Å². The Morgan fingerprint density at radius 1 is 1.50 bits per heavy atom. The highest BCUT2D eigenvalue weighted by Crippen LogP contribution is 2.35. The first kappa shape index (κ1) is 14.8. The van der Waals surface area contributed by atoms with Crippen LogP contribution >= 0.6 is 11.6 Å². The molecule has 5 nitrogen and oxygen atoms in total. The minimum absolute atomic E-state index is 0.00530. The Morgan fingerprint density at radius 2 is 2.25 bits per heavy atom. The molecule has 0 radical (unpaired) electrons. The number of Topliss-reactive ketones (excluding diaryl/α,β-unsaturated/α-hetero) is 1. The molecule has 6 heteroatoms. The number of anilines is 1. The van der Waals surface area contributed by atoms with Gasteiger partial charge in [0.05, 0.1) is 11.6 Å². The molecule has 108 valence electrons. The maximum Gasteiger partial charge on any atom is 0.267 e. The number of aliphatic hydroxyl groups is 1. The van der Waals surface area contributed by atoms with Gasteiger partial charge in [0, 0.05) is 18.7 Å². The van der Waals surface area contributed by atoms with Crippen LogP contribution in [0.15, 0.2) is 18.2 Å². The molecule has 0 saturated heterocycles. The molecule has 0 aliphatic carbocycles. The summed E-state index contributed by atoms with van der Waals surface area (Å²) in [5.74, 6) is 0.0610. The molecule has 0 spiro atoms. The molecule has 1 N–H and O–H groups in total. The normalized spacial score (nSPS) is 17.6. The van der Waals surface area contributed by atoms with Gasteiger partial charge in [-0.15, -0.1) is 11.6 Å². The molecule has 2 rings (SSSR count). The van der Waals surface area contributed by atoms with Crippen molar-refractivity contribution in [2.75, 3.05) is 23.9 Å². The predicted molar refractivity (Wildman–Crippen MR) is 75.6 cm³/mol. The van der Waals surface area contributed by atoms with E-state index in [9.17, 15) is 9.59 Å². The second kappa shape index (κ2) is 6.24. The van der Waals surface area contributed by atoms with Crippen LogP contribution in [0.1, 0.15) is 23.7 Å². The number of carbonyl (C=O) groups is 2. The van der Waals surface area contributed by atoms with Crippen LogP contribution in [0.5, 0.6) is 5.75 Å². The fraction of sp³-hybridized carbons (Fsp3) is 0.429. The van der Waals surface area contributed by atoms with Crippen LogP contribution in [0.25, 0.3) is 0 Å². The van der Waals surface area contributed by atoms with E-state index in [0.717, 1.165) is 0 Å². The smallest absolute Gasteiger partial charge is 0.267 e. The highest BCUT2D eigenvalue weighted by Gasteiger charge is 2.31. The van der Waals surface area contributed by atoms with Crippen molar-refractivity contribution in [1.82, 2.24) is 0 Å². The lowest BCUT2D eigenvalue weighted by Gasteiger charge is -2.33. The van der Waals surface area contributed by atoms with E-state index < -0.39 is 6.10 Å². The molecule has 1 aromatic carbocycles. The number of rotatable bonds is 5. The van der Waals surface area contributed by atoms with Crippen molar-refractivity contribution in [2.45, 2.75) is 19.4 Å². The number of hydrogen-bond donors (Lipinski definition) is 1. The zero-order chi connectivity index (χ0) is 14.7. The van der Waals surface area contributed by atoms with Gasteiger partial charge in [-0.2, -0.15) is 0 Å². The first-order valence-electron chi connectivity index (χ1n) is 6.40. The van der Waals surface area contributed by atoms with Gasteiger partial charge in [-0.05, 0) is 31.5 Å². The van der Waals surface area contributed by atoms with Gasteiger partial charge in [0.15, 0.2) is 11.9 Å². The van der Waals surface area contributed by atoms with Crippen LogP contribution in [-0.4, -0.2) is 41.9 Å². The number of carbonyl (C=O) groups excluding carboxylic acids is 2. The van der Waals surface area contributed by atoms with Crippen molar-refractivity contribution in [3.63, 3.8) is 0 Å². The molecule has 0 bridgehead atoms. The van der Waals surface area contributed by atoms with Crippen molar-refractivity contribution in [3.05, 3.63) is 23.8 Å². The van der Waals surface area contributed by atoms with E-state index in [2.05, 4.69) is 0 Å². The van der Waals surface area contributed by atoms with Gasteiger partial charge in [-0.3, -0.25) is 9.59 Å². The largest absolute Gasteiger partial charge is 0.479 e. The summed E-state index contributed by atoms with van der Waals surface area (Å²) in [6.07, 6.45) is -0.109. The van der Waals surface area contributed by atoms with Gasteiger partial charge in [-0.1, -0.05) is 0 Å². The molecule has 1 aliphatic rings. The number of halogens is 1. The SMILES string of the molecule is CC1Oc2ccc(C(=O)CCl)cc2N(CCCO)C1=O. The van der Waals surface area contributed by atoms with Gasteiger partial charge in [0.2, 0.25) is 0 Å². The fourth-order valence-corrected chi connectivity index (χ4v) is 2.27. The summed E-state index contributed by atoms with van der Waals surface area (Å²) in [5.41, 5.74) is 0.996. The molecule has 0 aromatic heterocycles. The number of alkyl halides is 1. The zero-order valence-electron chi connectivity index (χ0n) is 11.1. The van der Waals surface area contributed by atoms with Crippen LogP contribution in [-0.2, 0) is 4.79 Å². The second-order valence-corrected chi connectivity index (χ2v) is 4.83. The first-order chi connectivity index (χ1) is 9.58. The van der Waals surface area contributed by atoms with Crippen LogP contribution in [0.2, 0.25) is 0 Å². The van der Waals surface area contributed by atoms with Gasteiger partial charge in [0.1, 0.15) is 5.75 Å². The minimum atomic E-state index is -0.573. The lowest BCUT2D eigenvalue weighted by atomic mass is 10.1. The van der Waals surface area contributed by atoms with E-state index in [1.807, 2.05) is 0 Å². The molecular weight excluding hydrogens is 282 g/mol. The number of benzene rings is 1. The maximum atomic E-state index is 12.2. The molecule has 1 aromatic rings. The number of ketones is 1. The van der Waals surface area contributed by atoms with Crippen molar-refractivity contribution >= 4 is 29.0 Å². The van der Waals surface area contributed by atoms with E-state index >= 15 is 0 Å². The van der Waals surface area contributed by atoms with E-state index in [1.165, 1.54) is 0 Å². The maximum absolute atomic E-state index is 12.2. The molecule has 0 fully saturated rings. The van der Waals surface area contributed by atoms with Gasteiger partial charge in [-0.25, -0.2) is 0 Å². The standard InChI is InChI=1S/C14H16ClNO4/c1-9-14(19)16(5-2-6-17)11-7-10(12(18)8-15)3-4-13(11)20-9/h3-4,7,9,17H,2,5-6,8H2,1H3. The number of aliphatic hydroxyl groups excluding tert-OH is 1. The third-order valence-electron chi connectivity index (χ3n) is 3.15. The fourth-order valence-electron chi connectivity index (χ4n) is 2.12. The Hall–Kier alpha value is -1.59. The Kier molecular flexibility index (Phi) is 4.62. The van der Waals surface area contributed by atoms with E-state index in [1.54, 1.807) is 30.0 Å². The molecule has 0 saturated carbocycles. The number of amides is 1. The van der Waals surface area contributed by atoms with Crippen molar-refractivity contribution in [1.29, 1.82) is 0 Å². The third-order valence-corrected chi connectivity index (χ3v) is 3.39. The lowest BCUT2D eigenvalue weighted by molar-refractivity contribution is -0.125. The molecule has 1 unspecified atom stereocenters. The average Bonchev–Trinajstić information content (AvgIpc) is 2.46. The van der Waals surface area contributed by atoms with E-state index in [-0.39, 0.29) is 24.2 Å². The van der Waals surface area contributed by atoms with Crippen LogP contribution in [0.3, 0.4) is 0 Å². The van der Waals surface area contributed by atoms with E-state index in [4.69, 9.17) is 21.4 Å². The number of nitrogens with zero attached hydrogens (tertiary/aromatic N) is 1. The lowest BCUT2D eigenvalue weighted by Crippen LogP contribution is -2.45. The Morgan fingerprint density at radius 3 is 2.90 bits per heavy atom. The van der Waals surface area contributed by atoms with Crippen molar-refractivity contribution in [3.8, 4) is 5.75 Å². The van der Waals surface area contributed by atoms with E-state index in [0.29, 0.717) is 30.0 Å². The predicted octanol–water partition coefficient (Wildman–Crippen LogP) is 1.60. The number of ether oxygens (including phenoxy) is 1. The molecule has 1 amide bonds. The average molecular weight is 298 g/mol. The highest BCUT2D eigenvalue weighted by atomic mass is 35.5. The molecule has 1 heterocycles. The molecule has 20 heavy (non-hydrogen) atoms. The minimum Gasteiger partial charge on any atom is -0.479 e. The number of fused-ring (bicyclic) bond motifs is 1. The van der Waals surface area contributed by atoms with Crippen LogP contribution < -0.4 is 9.64 Å². The Bertz CT molecular complexity index is 532. The summed E-state index contributed by atoms with van der Waals surface area (Å²) in [6, 6.07) is 4.92. The topological polar surface area (TPSA) is 66.8 Å². The Labute approximate surface area is 122 Å². The Balaban J connectivity index is 2.40. The summed E-state index contributed by atoms with van der Waals surface area (Å²) < 4.78 is 5.52. The van der Waals surface area contributed by atoms with Crippen molar-refractivity contribution < 1.29 is 19.4 Å². The summed E-state index contributed by atoms with van der Waals surface area (Å²) in [5, 5.41) is 8.94.